The molecule has 1 atom stereocenters. The van der Waals surface area contributed by atoms with Gasteiger partial charge in [0, 0.05) is 12.5 Å². The third-order valence-electron chi connectivity index (χ3n) is 3.05. The van der Waals surface area contributed by atoms with Crippen molar-refractivity contribution in [1.82, 2.24) is 5.32 Å². The Bertz CT molecular complexity index is 475. The maximum atomic E-state index is 11.1. The Labute approximate surface area is 107 Å². The highest BCUT2D eigenvalue weighted by atomic mass is 79.9. The lowest BCUT2D eigenvalue weighted by Crippen LogP contribution is -2.27. The van der Waals surface area contributed by atoms with Crippen LogP contribution < -0.4 is 14.8 Å². The summed E-state index contributed by atoms with van der Waals surface area (Å²) in [5, 5.41) is 2.96. The van der Waals surface area contributed by atoms with E-state index in [9.17, 15) is 4.79 Å². The molecule has 1 aromatic rings. The zero-order valence-corrected chi connectivity index (χ0v) is 10.7. The summed E-state index contributed by atoms with van der Waals surface area (Å²) in [4.78, 5) is 11.1. The van der Waals surface area contributed by atoms with Crippen LogP contribution in [0.1, 0.15) is 18.4 Å². The van der Waals surface area contributed by atoms with Gasteiger partial charge < -0.3 is 14.8 Å². The summed E-state index contributed by atoms with van der Waals surface area (Å²) >= 11 is 3.47. The molecule has 90 valence electrons. The van der Waals surface area contributed by atoms with Crippen LogP contribution in [0.2, 0.25) is 0 Å². The molecule has 0 spiro atoms. The van der Waals surface area contributed by atoms with Crippen LogP contribution in [0, 0.1) is 0 Å². The standard InChI is InChI=1S/C12H12BrNO3/c13-9-4-7(3-8-1-2-11(15)14-8)5-10-12(9)17-6-16-10/h4-5,8H,1-3,6H2,(H,14,15). The Hall–Kier alpha value is -1.23. The van der Waals surface area contributed by atoms with Gasteiger partial charge in [0.05, 0.1) is 4.47 Å². The van der Waals surface area contributed by atoms with Gasteiger partial charge in [-0.25, -0.2) is 0 Å². The van der Waals surface area contributed by atoms with Gasteiger partial charge in [0.25, 0.3) is 0 Å². The number of nitrogens with one attached hydrogen (secondary N) is 1. The van der Waals surface area contributed by atoms with Gasteiger partial charge in [-0.1, -0.05) is 0 Å². The van der Waals surface area contributed by atoms with E-state index >= 15 is 0 Å². The van der Waals surface area contributed by atoms with E-state index in [0.29, 0.717) is 6.42 Å². The maximum absolute atomic E-state index is 11.1. The Morgan fingerprint density at radius 2 is 2.29 bits per heavy atom. The summed E-state index contributed by atoms with van der Waals surface area (Å²) in [7, 11) is 0. The molecule has 0 saturated carbocycles. The SMILES string of the molecule is O=C1CCC(Cc2cc(Br)c3c(c2)OCO3)N1. The summed E-state index contributed by atoms with van der Waals surface area (Å²) in [6, 6.07) is 4.25. The van der Waals surface area contributed by atoms with Gasteiger partial charge in [-0.3, -0.25) is 4.79 Å². The second-order valence-electron chi connectivity index (χ2n) is 4.32. The topological polar surface area (TPSA) is 47.6 Å². The van der Waals surface area contributed by atoms with E-state index in [1.807, 2.05) is 12.1 Å². The minimum Gasteiger partial charge on any atom is -0.454 e. The van der Waals surface area contributed by atoms with Crippen LogP contribution in [-0.2, 0) is 11.2 Å². The number of hydrogen-bond donors (Lipinski definition) is 1. The van der Waals surface area contributed by atoms with Gasteiger partial charge in [-0.05, 0) is 46.5 Å². The number of amides is 1. The first-order valence-corrected chi connectivity index (χ1v) is 6.39. The molecule has 1 unspecified atom stereocenters. The smallest absolute Gasteiger partial charge is 0.231 e. The quantitative estimate of drug-likeness (QED) is 0.908. The first-order valence-electron chi connectivity index (χ1n) is 5.60. The lowest BCUT2D eigenvalue weighted by atomic mass is 10.0. The molecule has 17 heavy (non-hydrogen) atoms. The predicted octanol–water partition coefficient (Wildman–Crippen LogP) is 2.00. The summed E-state index contributed by atoms with van der Waals surface area (Å²) in [5.74, 6) is 1.69. The van der Waals surface area contributed by atoms with Gasteiger partial charge in [0.1, 0.15) is 0 Å². The molecule has 4 nitrogen and oxygen atoms in total. The third kappa shape index (κ3) is 2.11. The van der Waals surface area contributed by atoms with Crippen molar-refractivity contribution in [2.45, 2.75) is 25.3 Å². The van der Waals surface area contributed by atoms with E-state index in [1.54, 1.807) is 0 Å². The molecule has 1 aromatic carbocycles. The average molecular weight is 298 g/mol. The van der Waals surface area contributed by atoms with Gasteiger partial charge in [-0.2, -0.15) is 0 Å². The fraction of sp³-hybridized carbons (Fsp3) is 0.417. The van der Waals surface area contributed by atoms with Crippen LogP contribution in [0.4, 0.5) is 0 Å². The highest BCUT2D eigenvalue weighted by Gasteiger charge is 2.23. The van der Waals surface area contributed by atoms with E-state index < -0.39 is 0 Å². The highest BCUT2D eigenvalue weighted by molar-refractivity contribution is 9.10. The first-order chi connectivity index (χ1) is 8.22. The molecule has 3 rings (SSSR count). The van der Waals surface area contributed by atoms with Crippen LogP contribution in [0.3, 0.4) is 0 Å². The van der Waals surface area contributed by atoms with Gasteiger partial charge >= 0.3 is 0 Å². The molecule has 0 aromatic heterocycles. The number of benzene rings is 1. The van der Waals surface area contributed by atoms with Crippen LogP contribution >= 0.6 is 15.9 Å². The van der Waals surface area contributed by atoms with Crippen molar-refractivity contribution in [1.29, 1.82) is 0 Å². The highest BCUT2D eigenvalue weighted by Crippen LogP contribution is 2.40. The molecule has 1 saturated heterocycles. The van der Waals surface area contributed by atoms with Crippen molar-refractivity contribution in [3.05, 3.63) is 22.2 Å². The largest absolute Gasteiger partial charge is 0.454 e. The van der Waals surface area contributed by atoms with Crippen molar-refractivity contribution in [2.24, 2.45) is 0 Å². The molecule has 5 heteroatoms. The van der Waals surface area contributed by atoms with E-state index in [2.05, 4.69) is 21.2 Å². The van der Waals surface area contributed by atoms with E-state index in [-0.39, 0.29) is 18.7 Å². The number of carbonyl (C=O) groups excluding carboxylic acids is 1. The lowest BCUT2D eigenvalue weighted by molar-refractivity contribution is -0.119. The summed E-state index contributed by atoms with van der Waals surface area (Å²) in [6.07, 6.45) is 2.38. The number of halogens is 1. The summed E-state index contributed by atoms with van der Waals surface area (Å²) in [6.45, 7) is 0.275. The molecule has 0 radical (unpaired) electrons. The molecule has 2 aliphatic rings. The van der Waals surface area contributed by atoms with Gasteiger partial charge in [0.15, 0.2) is 11.5 Å². The molecular weight excluding hydrogens is 286 g/mol. The number of carbonyl (C=O) groups is 1. The summed E-state index contributed by atoms with van der Waals surface area (Å²) < 4.78 is 11.6. The van der Waals surface area contributed by atoms with Crippen molar-refractivity contribution in [3.63, 3.8) is 0 Å². The maximum Gasteiger partial charge on any atom is 0.231 e. The molecule has 2 aliphatic heterocycles. The lowest BCUT2D eigenvalue weighted by Gasteiger charge is -2.11. The Kier molecular flexibility index (Phi) is 2.70. The van der Waals surface area contributed by atoms with Crippen molar-refractivity contribution >= 4 is 21.8 Å². The average Bonchev–Trinajstić information content (AvgIpc) is 2.87. The zero-order valence-electron chi connectivity index (χ0n) is 9.16. The van der Waals surface area contributed by atoms with Crippen LogP contribution in [0.5, 0.6) is 11.5 Å². The number of hydrogen-bond acceptors (Lipinski definition) is 3. The fourth-order valence-electron chi connectivity index (χ4n) is 2.25. The van der Waals surface area contributed by atoms with Crippen LogP contribution in [-0.4, -0.2) is 18.7 Å². The number of ether oxygens (including phenoxy) is 2. The molecule has 0 bridgehead atoms. The third-order valence-corrected chi connectivity index (χ3v) is 3.64. The minimum absolute atomic E-state index is 0.148. The molecular formula is C12H12BrNO3. The fourth-order valence-corrected chi connectivity index (χ4v) is 2.86. The monoisotopic (exact) mass is 297 g/mol. The van der Waals surface area contributed by atoms with Crippen LogP contribution in [0.15, 0.2) is 16.6 Å². The van der Waals surface area contributed by atoms with E-state index in [0.717, 1.165) is 34.4 Å². The zero-order chi connectivity index (χ0) is 11.8. The van der Waals surface area contributed by atoms with E-state index in [1.165, 1.54) is 0 Å². The van der Waals surface area contributed by atoms with E-state index in [4.69, 9.17) is 9.47 Å². The second-order valence-corrected chi connectivity index (χ2v) is 5.17. The van der Waals surface area contributed by atoms with Gasteiger partial charge in [0.2, 0.25) is 12.7 Å². The molecule has 1 fully saturated rings. The molecule has 1 N–H and O–H groups in total. The van der Waals surface area contributed by atoms with Crippen molar-refractivity contribution in [2.75, 3.05) is 6.79 Å². The second kappa shape index (κ2) is 4.22. The molecule has 2 heterocycles. The Balaban J connectivity index is 1.80. The van der Waals surface area contributed by atoms with Crippen LogP contribution in [0.25, 0.3) is 0 Å². The Morgan fingerprint density at radius 3 is 3.06 bits per heavy atom. The Morgan fingerprint density at radius 1 is 1.41 bits per heavy atom. The number of rotatable bonds is 2. The van der Waals surface area contributed by atoms with Crippen molar-refractivity contribution in [3.8, 4) is 11.5 Å². The molecule has 0 aliphatic carbocycles. The normalized spacial score (nSPS) is 21.7. The number of fused-ring (bicyclic) bond motifs is 1. The minimum atomic E-state index is 0.148. The molecule has 1 amide bonds. The predicted molar refractivity (Wildman–Crippen MR) is 65.1 cm³/mol. The van der Waals surface area contributed by atoms with Crippen molar-refractivity contribution < 1.29 is 14.3 Å². The van der Waals surface area contributed by atoms with Gasteiger partial charge in [-0.15, -0.1) is 0 Å². The summed E-state index contributed by atoms with van der Waals surface area (Å²) in [5.41, 5.74) is 1.15. The first kappa shape index (κ1) is 10.9.